The number of carbonyl (C=O) groups is 2. The van der Waals surface area contributed by atoms with Gasteiger partial charge in [0.25, 0.3) is 5.56 Å². The molecule has 0 aromatic carbocycles. The third kappa shape index (κ3) is 3.43. The van der Waals surface area contributed by atoms with E-state index < -0.39 is 17.2 Å². The summed E-state index contributed by atoms with van der Waals surface area (Å²) < 4.78 is 1.50. The van der Waals surface area contributed by atoms with E-state index in [1.165, 1.54) is 28.3 Å². The molecule has 2 N–H and O–H groups in total. The average molecular weight is 380 g/mol. The van der Waals surface area contributed by atoms with E-state index in [2.05, 4.69) is 15.6 Å². The molecule has 0 radical (unpaired) electrons. The summed E-state index contributed by atoms with van der Waals surface area (Å²) in [5.41, 5.74) is 1.09. The Balaban J connectivity index is 1.92. The lowest BCUT2D eigenvalue weighted by atomic mass is 9.97. The van der Waals surface area contributed by atoms with Crippen LogP contribution >= 0.6 is 23.1 Å². The van der Waals surface area contributed by atoms with Crippen LogP contribution in [0.4, 0.5) is 4.79 Å². The molecule has 2 aromatic heterocycles. The van der Waals surface area contributed by atoms with Gasteiger partial charge in [-0.15, -0.1) is 11.3 Å². The predicted octanol–water partition coefficient (Wildman–Crippen LogP) is 1.81. The first-order valence-corrected chi connectivity index (χ1v) is 9.82. The molecule has 7 nitrogen and oxygen atoms in total. The van der Waals surface area contributed by atoms with Crippen LogP contribution in [-0.4, -0.2) is 33.8 Å². The monoisotopic (exact) mass is 380 g/mol. The summed E-state index contributed by atoms with van der Waals surface area (Å²) in [4.78, 5) is 42.7. The molecule has 0 aliphatic heterocycles. The molecule has 1 aliphatic rings. The molecule has 2 heterocycles. The lowest BCUT2D eigenvalue weighted by Gasteiger charge is -2.13. The van der Waals surface area contributed by atoms with Crippen LogP contribution in [0.1, 0.15) is 30.2 Å². The van der Waals surface area contributed by atoms with E-state index in [9.17, 15) is 14.4 Å². The number of rotatable bonds is 3. The normalized spacial score (nSPS) is 14.8. The van der Waals surface area contributed by atoms with Crippen LogP contribution in [-0.2, 0) is 24.7 Å². The maximum Gasteiger partial charge on any atom is 0.321 e. The summed E-state index contributed by atoms with van der Waals surface area (Å²) in [7, 11) is 3.12. The fraction of sp³-hybridized carbons (Fsp3) is 0.500. The summed E-state index contributed by atoms with van der Waals surface area (Å²) in [6, 6.07) is -0.555. The molecule has 0 saturated heterocycles. The van der Waals surface area contributed by atoms with E-state index >= 15 is 0 Å². The number of fused-ring (bicyclic) bond motifs is 3. The number of amides is 3. The number of hydrogen-bond donors (Lipinski definition) is 2. The number of carbonyl (C=O) groups excluding carboxylic acids is 2. The first kappa shape index (κ1) is 17.9. The first-order valence-electron chi connectivity index (χ1n) is 8.13. The lowest BCUT2D eigenvalue weighted by molar-refractivity contribution is -0.119. The Morgan fingerprint density at radius 2 is 2.04 bits per heavy atom. The summed E-state index contributed by atoms with van der Waals surface area (Å²) in [5, 5.41) is 5.24. The van der Waals surface area contributed by atoms with Gasteiger partial charge in [0.15, 0.2) is 5.16 Å². The number of aromatic nitrogens is 2. The predicted molar refractivity (Wildman–Crippen MR) is 99.4 cm³/mol. The van der Waals surface area contributed by atoms with Crippen molar-refractivity contribution in [1.82, 2.24) is 20.2 Å². The topological polar surface area (TPSA) is 93.1 Å². The van der Waals surface area contributed by atoms with Crippen LogP contribution in [0.5, 0.6) is 0 Å². The minimum absolute atomic E-state index is 0.0641. The SMILES string of the molecule is CNC(=O)NC(=O)[C@@H](C)Sc1nc2sc3c(c2c(=O)n1C)CCCC3. The number of hydrogen-bond acceptors (Lipinski definition) is 6. The third-order valence-corrected chi connectivity index (χ3v) is 6.60. The van der Waals surface area contributed by atoms with E-state index in [-0.39, 0.29) is 5.56 Å². The number of urea groups is 1. The van der Waals surface area contributed by atoms with Crippen LogP contribution < -0.4 is 16.2 Å². The van der Waals surface area contributed by atoms with Gasteiger partial charge in [0.2, 0.25) is 5.91 Å². The van der Waals surface area contributed by atoms with Crippen LogP contribution in [0.15, 0.2) is 9.95 Å². The highest BCUT2D eigenvalue weighted by molar-refractivity contribution is 8.00. The van der Waals surface area contributed by atoms with Crippen molar-refractivity contribution in [2.45, 2.75) is 43.0 Å². The van der Waals surface area contributed by atoms with Crippen LogP contribution in [0.25, 0.3) is 10.2 Å². The second kappa shape index (κ2) is 7.17. The Bertz CT molecular complexity index is 903. The molecule has 0 unspecified atom stereocenters. The molecule has 0 saturated carbocycles. The molecule has 2 aromatic rings. The van der Waals surface area contributed by atoms with E-state index in [4.69, 9.17) is 0 Å². The molecular formula is C16H20N4O3S2. The Morgan fingerprint density at radius 1 is 1.32 bits per heavy atom. The third-order valence-electron chi connectivity index (χ3n) is 4.27. The lowest BCUT2D eigenvalue weighted by Crippen LogP contribution is -2.41. The Morgan fingerprint density at radius 3 is 2.76 bits per heavy atom. The van der Waals surface area contributed by atoms with Crippen LogP contribution in [0.3, 0.4) is 0 Å². The van der Waals surface area contributed by atoms with Gasteiger partial charge in [0, 0.05) is 19.0 Å². The fourth-order valence-corrected chi connectivity index (χ4v) is 5.04. The summed E-state index contributed by atoms with van der Waals surface area (Å²) in [6.07, 6.45) is 4.20. The minimum atomic E-state index is -0.555. The summed E-state index contributed by atoms with van der Waals surface area (Å²) in [5.74, 6) is -0.427. The summed E-state index contributed by atoms with van der Waals surface area (Å²) >= 11 is 2.76. The van der Waals surface area contributed by atoms with Gasteiger partial charge in [0.05, 0.1) is 10.6 Å². The van der Waals surface area contributed by atoms with Crippen molar-refractivity contribution in [2.75, 3.05) is 7.05 Å². The molecule has 1 atom stereocenters. The first-order chi connectivity index (χ1) is 11.9. The van der Waals surface area contributed by atoms with E-state index in [0.29, 0.717) is 5.16 Å². The zero-order chi connectivity index (χ0) is 18.1. The van der Waals surface area contributed by atoms with Crippen LogP contribution in [0.2, 0.25) is 0 Å². The molecule has 0 fully saturated rings. The number of aryl methyl sites for hydroxylation is 2. The molecule has 25 heavy (non-hydrogen) atoms. The van der Waals surface area contributed by atoms with E-state index in [1.807, 2.05) is 0 Å². The van der Waals surface area contributed by atoms with Gasteiger partial charge in [-0.1, -0.05) is 11.8 Å². The summed E-state index contributed by atoms with van der Waals surface area (Å²) in [6.45, 7) is 1.68. The maximum atomic E-state index is 12.8. The molecule has 0 spiro atoms. The average Bonchev–Trinajstić information content (AvgIpc) is 2.97. The number of nitrogens with one attached hydrogen (secondary N) is 2. The van der Waals surface area contributed by atoms with Crippen molar-refractivity contribution in [3.63, 3.8) is 0 Å². The Hall–Kier alpha value is -1.87. The van der Waals surface area contributed by atoms with Gasteiger partial charge in [-0.3, -0.25) is 19.5 Å². The van der Waals surface area contributed by atoms with Crippen molar-refractivity contribution in [1.29, 1.82) is 0 Å². The number of thioether (sulfide) groups is 1. The van der Waals surface area contributed by atoms with Crippen molar-refractivity contribution in [3.8, 4) is 0 Å². The zero-order valence-corrected chi connectivity index (χ0v) is 16.0. The van der Waals surface area contributed by atoms with Gasteiger partial charge in [-0.2, -0.15) is 0 Å². The second-order valence-corrected chi connectivity index (χ2v) is 8.37. The number of imide groups is 1. The standard InChI is InChI=1S/C16H20N4O3S2/c1-8(12(21)18-15(23)17-2)24-16-19-13-11(14(22)20(16)3)9-6-4-5-7-10(9)25-13/h8H,4-7H2,1-3H3,(H2,17,18,21,23)/t8-/m1/s1. The molecular weight excluding hydrogens is 360 g/mol. The van der Waals surface area contributed by atoms with E-state index in [1.54, 1.807) is 25.3 Å². The largest absolute Gasteiger partial charge is 0.341 e. The number of nitrogens with zero attached hydrogens (tertiary/aromatic N) is 2. The molecule has 0 bridgehead atoms. The van der Waals surface area contributed by atoms with Gasteiger partial charge < -0.3 is 5.32 Å². The van der Waals surface area contributed by atoms with Crippen LogP contribution in [0, 0.1) is 0 Å². The Labute approximate surface area is 153 Å². The molecule has 3 rings (SSSR count). The highest BCUT2D eigenvalue weighted by atomic mass is 32.2. The number of thiophene rings is 1. The van der Waals surface area contributed by atoms with Crippen molar-refractivity contribution < 1.29 is 9.59 Å². The van der Waals surface area contributed by atoms with Crippen molar-refractivity contribution in [3.05, 3.63) is 20.8 Å². The van der Waals surface area contributed by atoms with Gasteiger partial charge in [-0.05, 0) is 38.2 Å². The maximum absolute atomic E-state index is 12.8. The van der Waals surface area contributed by atoms with E-state index in [0.717, 1.165) is 41.5 Å². The second-order valence-electron chi connectivity index (χ2n) is 5.98. The molecule has 1 aliphatic carbocycles. The van der Waals surface area contributed by atoms with Crippen molar-refractivity contribution >= 4 is 45.3 Å². The quantitative estimate of drug-likeness (QED) is 0.626. The highest BCUT2D eigenvalue weighted by Gasteiger charge is 2.23. The fourth-order valence-electron chi connectivity index (χ4n) is 2.86. The van der Waals surface area contributed by atoms with Crippen molar-refractivity contribution in [2.24, 2.45) is 7.05 Å². The highest BCUT2D eigenvalue weighted by Crippen LogP contribution is 2.34. The molecule has 3 amide bonds. The van der Waals surface area contributed by atoms with Gasteiger partial charge in [0.1, 0.15) is 4.83 Å². The minimum Gasteiger partial charge on any atom is -0.341 e. The Kier molecular flexibility index (Phi) is 5.14. The molecule has 134 valence electrons. The smallest absolute Gasteiger partial charge is 0.321 e. The molecule has 9 heteroatoms. The zero-order valence-electron chi connectivity index (χ0n) is 14.3. The van der Waals surface area contributed by atoms with Gasteiger partial charge in [-0.25, -0.2) is 9.78 Å². The van der Waals surface area contributed by atoms with Gasteiger partial charge >= 0.3 is 6.03 Å².